The van der Waals surface area contributed by atoms with Crippen LogP contribution >= 0.6 is 0 Å². The minimum absolute atomic E-state index is 0.0587. The van der Waals surface area contributed by atoms with E-state index in [0.29, 0.717) is 18.5 Å². The molecular weight excluding hydrogens is 270 g/mol. The second-order valence-corrected chi connectivity index (χ2v) is 6.01. The SMILES string of the molecule is C[C@@H]1[C@H](C(=O)O)CCCN1C(=O)c1cnn2c1CCCC2. The lowest BCUT2D eigenvalue weighted by atomic mass is 9.89. The van der Waals surface area contributed by atoms with E-state index >= 15 is 0 Å². The number of aliphatic carboxylic acids is 1. The lowest BCUT2D eigenvalue weighted by molar-refractivity contribution is -0.144. The summed E-state index contributed by atoms with van der Waals surface area (Å²) >= 11 is 0. The number of carbonyl (C=O) groups is 2. The van der Waals surface area contributed by atoms with Crippen LogP contribution in [0, 0.1) is 5.92 Å². The van der Waals surface area contributed by atoms with E-state index in [2.05, 4.69) is 5.10 Å². The van der Waals surface area contributed by atoms with Crippen molar-refractivity contribution in [2.75, 3.05) is 6.54 Å². The molecule has 6 heteroatoms. The van der Waals surface area contributed by atoms with Gasteiger partial charge in [-0.05, 0) is 39.0 Å². The average molecular weight is 291 g/mol. The molecule has 21 heavy (non-hydrogen) atoms. The van der Waals surface area contributed by atoms with Gasteiger partial charge < -0.3 is 10.0 Å². The summed E-state index contributed by atoms with van der Waals surface area (Å²) in [6.45, 7) is 3.34. The zero-order chi connectivity index (χ0) is 15.0. The van der Waals surface area contributed by atoms with Crippen molar-refractivity contribution in [1.29, 1.82) is 0 Å². The summed E-state index contributed by atoms with van der Waals surface area (Å²) in [5, 5.41) is 13.6. The summed E-state index contributed by atoms with van der Waals surface area (Å²) in [4.78, 5) is 25.8. The van der Waals surface area contributed by atoms with Gasteiger partial charge in [-0.25, -0.2) is 0 Å². The molecule has 1 saturated heterocycles. The third-order valence-electron chi connectivity index (χ3n) is 4.78. The second-order valence-electron chi connectivity index (χ2n) is 6.01. The number of amides is 1. The van der Waals surface area contributed by atoms with E-state index in [-0.39, 0.29) is 11.9 Å². The molecule has 0 aliphatic carbocycles. The van der Waals surface area contributed by atoms with Crippen molar-refractivity contribution >= 4 is 11.9 Å². The maximum absolute atomic E-state index is 12.8. The fraction of sp³-hybridized carbons (Fsp3) is 0.667. The van der Waals surface area contributed by atoms with E-state index in [0.717, 1.165) is 37.9 Å². The summed E-state index contributed by atoms with van der Waals surface area (Å²) in [6.07, 6.45) is 6.11. The quantitative estimate of drug-likeness (QED) is 0.897. The van der Waals surface area contributed by atoms with Crippen molar-refractivity contribution in [3.63, 3.8) is 0 Å². The van der Waals surface area contributed by atoms with Gasteiger partial charge >= 0.3 is 5.97 Å². The van der Waals surface area contributed by atoms with Crippen LogP contribution in [-0.4, -0.2) is 44.3 Å². The molecular formula is C15H21N3O3. The van der Waals surface area contributed by atoms with Crippen molar-refractivity contribution in [2.45, 2.75) is 51.6 Å². The first-order valence-corrected chi connectivity index (χ1v) is 7.68. The Balaban J connectivity index is 1.84. The smallest absolute Gasteiger partial charge is 0.308 e. The maximum atomic E-state index is 12.8. The Morgan fingerprint density at radius 3 is 2.86 bits per heavy atom. The fourth-order valence-electron chi connectivity index (χ4n) is 3.51. The molecule has 6 nitrogen and oxygen atoms in total. The molecule has 0 spiro atoms. The lowest BCUT2D eigenvalue weighted by Crippen LogP contribution is -2.49. The number of likely N-dealkylation sites (tertiary alicyclic amines) is 1. The summed E-state index contributed by atoms with van der Waals surface area (Å²) in [7, 11) is 0. The number of carboxylic acids is 1. The van der Waals surface area contributed by atoms with Crippen LogP contribution in [0.4, 0.5) is 0 Å². The molecule has 3 heterocycles. The van der Waals surface area contributed by atoms with Crippen molar-refractivity contribution < 1.29 is 14.7 Å². The van der Waals surface area contributed by atoms with Gasteiger partial charge in [0.15, 0.2) is 0 Å². The van der Waals surface area contributed by atoms with Crippen LogP contribution in [0.5, 0.6) is 0 Å². The number of rotatable bonds is 2. The van der Waals surface area contributed by atoms with E-state index < -0.39 is 11.9 Å². The van der Waals surface area contributed by atoms with Crippen LogP contribution in [0.1, 0.15) is 48.7 Å². The number of carbonyl (C=O) groups excluding carboxylic acids is 1. The largest absolute Gasteiger partial charge is 0.481 e. The Hall–Kier alpha value is -1.85. The minimum Gasteiger partial charge on any atom is -0.481 e. The van der Waals surface area contributed by atoms with E-state index in [1.54, 1.807) is 11.1 Å². The van der Waals surface area contributed by atoms with Crippen molar-refractivity contribution in [1.82, 2.24) is 14.7 Å². The van der Waals surface area contributed by atoms with Crippen LogP contribution in [0.15, 0.2) is 6.20 Å². The molecule has 1 fully saturated rings. The predicted molar refractivity (Wildman–Crippen MR) is 76.0 cm³/mol. The van der Waals surface area contributed by atoms with Gasteiger partial charge in [-0.2, -0.15) is 5.10 Å². The molecule has 0 radical (unpaired) electrons. The molecule has 2 aliphatic heterocycles. The Labute approximate surface area is 123 Å². The third-order valence-corrected chi connectivity index (χ3v) is 4.78. The Kier molecular flexibility index (Phi) is 3.69. The standard InChI is InChI=1S/C15H21N3O3/c1-10-11(15(20)21)5-4-7-17(10)14(19)12-9-16-18-8-3-2-6-13(12)18/h9-11H,2-8H2,1H3,(H,20,21)/t10-,11-/m1/s1. The highest BCUT2D eigenvalue weighted by Crippen LogP contribution is 2.27. The minimum atomic E-state index is -0.808. The number of piperidine rings is 1. The van der Waals surface area contributed by atoms with Crippen LogP contribution in [0.25, 0.3) is 0 Å². The molecule has 0 unspecified atom stereocenters. The van der Waals surface area contributed by atoms with Crippen LogP contribution < -0.4 is 0 Å². The summed E-state index contributed by atoms with van der Waals surface area (Å²) < 4.78 is 1.92. The monoisotopic (exact) mass is 291 g/mol. The molecule has 114 valence electrons. The lowest BCUT2D eigenvalue weighted by Gasteiger charge is -2.37. The van der Waals surface area contributed by atoms with Crippen LogP contribution in [0.3, 0.4) is 0 Å². The van der Waals surface area contributed by atoms with Crippen LogP contribution in [-0.2, 0) is 17.8 Å². The molecule has 2 atom stereocenters. The number of hydrogen-bond acceptors (Lipinski definition) is 3. The molecule has 1 amide bonds. The van der Waals surface area contributed by atoms with Gasteiger partial charge in [0.25, 0.3) is 5.91 Å². The van der Waals surface area contributed by atoms with Crippen molar-refractivity contribution in [3.05, 3.63) is 17.5 Å². The van der Waals surface area contributed by atoms with E-state index in [1.807, 2.05) is 11.6 Å². The summed E-state index contributed by atoms with van der Waals surface area (Å²) in [5.41, 5.74) is 1.67. The van der Waals surface area contributed by atoms with Gasteiger partial charge in [-0.3, -0.25) is 14.3 Å². The average Bonchev–Trinajstić information content (AvgIpc) is 2.90. The van der Waals surface area contributed by atoms with Crippen molar-refractivity contribution in [2.24, 2.45) is 5.92 Å². The highest BCUT2D eigenvalue weighted by atomic mass is 16.4. The predicted octanol–water partition coefficient (Wildman–Crippen LogP) is 1.54. The maximum Gasteiger partial charge on any atom is 0.308 e. The highest BCUT2D eigenvalue weighted by molar-refractivity contribution is 5.95. The number of nitrogens with zero attached hydrogens (tertiary/aromatic N) is 3. The van der Waals surface area contributed by atoms with Crippen molar-refractivity contribution in [3.8, 4) is 0 Å². The Bertz CT molecular complexity index is 567. The van der Waals surface area contributed by atoms with Gasteiger partial charge in [0.2, 0.25) is 0 Å². The first-order chi connectivity index (χ1) is 10.1. The van der Waals surface area contributed by atoms with Gasteiger partial charge in [0.1, 0.15) is 0 Å². The number of aryl methyl sites for hydroxylation is 1. The number of aromatic nitrogens is 2. The van der Waals surface area contributed by atoms with Gasteiger partial charge in [0.05, 0.1) is 23.4 Å². The number of carboxylic acid groups (broad SMARTS) is 1. The Morgan fingerprint density at radius 1 is 1.29 bits per heavy atom. The Morgan fingerprint density at radius 2 is 2.10 bits per heavy atom. The first-order valence-electron chi connectivity index (χ1n) is 7.68. The molecule has 0 bridgehead atoms. The zero-order valence-electron chi connectivity index (χ0n) is 12.3. The van der Waals surface area contributed by atoms with Gasteiger partial charge in [-0.1, -0.05) is 0 Å². The third kappa shape index (κ3) is 2.43. The molecule has 1 aromatic heterocycles. The number of fused-ring (bicyclic) bond motifs is 1. The van der Waals surface area contributed by atoms with Gasteiger partial charge in [0, 0.05) is 19.1 Å². The number of hydrogen-bond donors (Lipinski definition) is 1. The molecule has 1 N–H and O–H groups in total. The van der Waals surface area contributed by atoms with E-state index in [9.17, 15) is 14.7 Å². The van der Waals surface area contributed by atoms with Gasteiger partial charge in [-0.15, -0.1) is 0 Å². The first kappa shape index (κ1) is 14.1. The second kappa shape index (κ2) is 5.50. The van der Waals surface area contributed by atoms with Crippen LogP contribution in [0.2, 0.25) is 0 Å². The summed E-state index contributed by atoms with van der Waals surface area (Å²) in [6, 6.07) is -0.261. The topological polar surface area (TPSA) is 75.4 Å². The van der Waals surface area contributed by atoms with E-state index in [4.69, 9.17) is 0 Å². The molecule has 0 aromatic carbocycles. The fourth-order valence-corrected chi connectivity index (χ4v) is 3.51. The highest BCUT2D eigenvalue weighted by Gasteiger charge is 2.36. The zero-order valence-corrected chi connectivity index (χ0v) is 12.3. The molecule has 1 aromatic rings. The molecule has 2 aliphatic rings. The van der Waals surface area contributed by atoms with E-state index in [1.165, 1.54) is 0 Å². The summed E-state index contributed by atoms with van der Waals surface area (Å²) in [5.74, 6) is -1.33. The molecule has 0 saturated carbocycles. The normalized spacial score (nSPS) is 25.5. The molecule has 3 rings (SSSR count).